The van der Waals surface area contributed by atoms with Gasteiger partial charge in [0.2, 0.25) is 0 Å². The Morgan fingerprint density at radius 2 is 1.92 bits per heavy atom. The monoisotopic (exact) mass is 325 g/mol. The van der Waals surface area contributed by atoms with Crippen molar-refractivity contribution in [2.24, 2.45) is 0 Å². The molecule has 0 saturated carbocycles. The fourth-order valence-electron chi connectivity index (χ4n) is 1.30. The van der Waals surface area contributed by atoms with Gasteiger partial charge in [0.15, 0.2) is 0 Å². The van der Waals surface area contributed by atoms with E-state index in [-0.39, 0.29) is 12.4 Å². The molecule has 0 spiro atoms. The van der Waals surface area contributed by atoms with E-state index in [0.717, 1.165) is 15.5 Å². The van der Waals surface area contributed by atoms with Gasteiger partial charge in [0.05, 0.1) is 0 Å². The van der Waals surface area contributed by atoms with Gasteiger partial charge >= 0.3 is 0 Å². The number of hydrogen-bond donors (Lipinski definition) is 1. The first-order chi connectivity index (χ1) is 5.77. The topological polar surface area (TPSA) is 12.0 Å². The van der Waals surface area contributed by atoms with Gasteiger partial charge in [-0.25, -0.2) is 0 Å². The van der Waals surface area contributed by atoms with Crippen LogP contribution in [-0.4, -0.2) is 6.54 Å². The predicted octanol–water partition coefficient (Wildman–Crippen LogP) is 3.67. The van der Waals surface area contributed by atoms with Gasteiger partial charge in [-0.1, -0.05) is 6.07 Å². The van der Waals surface area contributed by atoms with Gasteiger partial charge < -0.3 is 5.32 Å². The zero-order valence-corrected chi connectivity index (χ0v) is 10.9. The second-order valence-corrected chi connectivity index (χ2v) is 4.68. The minimum Gasteiger partial charge on any atom is -0.310 e. The van der Waals surface area contributed by atoms with E-state index in [9.17, 15) is 0 Å². The number of rotatable bonds is 1. The molecule has 1 aromatic carbocycles. The van der Waals surface area contributed by atoms with Gasteiger partial charge in [-0.15, -0.1) is 12.4 Å². The Labute approximate surface area is 101 Å². The summed E-state index contributed by atoms with van der Waals surface area (Å²) >= 11 is 6.94. The van der Waals surface area contributed by atoms with E-state index in [4.69, 9.17) is 0 Å². The van der Waals surface area contributed by atoms with Crippen molar-refractivity contribution >= 4 is 44.3 Å². The predicted molar refractivity (Wildman–Crippen MR) is 64.5 cm³/mol. The lowest BCUT2D eigenvalue weighted by Gasteiger charge is -2.28. The first-order valence-electron chi connectivity index (χ1n) is 3.96. The first-order valence-corrected chi connectivity index (χ1v) is 5.54. The molecular formula is C9H10Br2ClN. The molecule has 1 N–H and O–H groups in total. The molecule has 13 heavy (non-hydrogen) atoms. The van der Waals surface area contributed by atoms with E-state index in [1.165, 1.54) is 12.0 Å². The molecule has 0 radical (unpaired) electrons. The molecule has 2 rings (SSSR count). The van der Waals surface area contributed by atoms with Gasteiger partial charge in [0, 0.05) is 15.0 Å². The second-order valence-electron chi connectivity index (χ2n) is 2.97. The third-order valence-corrected chi connectivity index (χ3v) is 4.05. The van der Waals surface area contributed by atoms with Gasteiger partial charge in [-0.05, 0) is 62.5 Å². The Hall–Kier alpha value is 0.430. The lowest BCUT2D eigenvalue weighted by Crippen LogP contribution is -2.34. The molecular weight excluding hydrogens is 317 g/mol. The number of nitrogens with one attached hydrogen (secondary N) is 1. The number of hydrogen-bond acceptors (Lipinski definition) is 1. The smallest absolute Gasteiger partial charge is 0.0332 e. The summed E-state index contributed by atoms with van der Waals surface area (Å²) in [7, 11) is 0. The zero-order chi connectivity index (χ0) is 8.55. The maximum atomic E-state index is 3.49. The highest BCUT2D eigenvalue weighted by Crippen LogP contribution is 2.29. The Balaban J connectivity index is 0.000000845. The summed E-state index contributed by atoms with van der Waals surface area (Å²) in [4.78, 5) is 0. The molecule has 0 amide bonds. The average molecular weight is 327 g/mol. The van der Waals surface area contributed by atoms with Crippen LogP contribution in [-0.2, 0) is 0 Å². The largest absolute Gasteiger partial charge is 0.310 e. The van der Waals surface area contributed by atoms with Crippen LogP contribution >= 0.6 is 44.3 Å². The molecule has 0 bridgehead atoms. The highest BCUT2D eigenvalue weighted by atomic mass is 79.9. The quantitative estimate of drug-likeness (QED) is 0.830. The van der Waals surface area contributed by atoms with Crippen molar-refractivity contribution in [3.05, 3.63) is 32.7 Å². The summed E-state index contributed by atoms with van der Waals surface area (Å²) in [6.45, 7) is 1.15. The fraction of sp³-hybridized carbons (Fsp3) is 0.333. The van der Waals surface area contributed by atoms with Crippen LogP contribution in [0.2, 0.25) is 0 Å². The zero-order valence-electron chi connectivity index (χ0n) is 6.89. The number of halogens is 3. The highest BCUT2D eigenvalue weighted by molar-refractivity contribution is 9.13. The van der Waals surface area contributed by atoms with Gasteiger partial charge in [0.1, 0.15) is 0 Å². The van der Waals surface area contributed by atoms with Crippen molar-refractivity contribution in [3.8, 4) is 0 Å². The summed E-state index contributed by atoms with van der Waals surface area (Å²) < 4.78 is 2.25. The molecule has 1 aliphatic rings. The molecule has 4 heteroatoms. The van der Waals surface area contributed by atoms with Gasteiger partial charge in [-0.2, -0.15) is 0 Å². The molecule has 1 aromatic rings. The maximum absolute atomic E-state index is 3.49. The minimum atomic E-state index is 0. The van der Waals surface area contributed by atoms with Crippen LogP contribution in [0.1, 0.15) is 18.0 Å². The second kappa shape index (κ2) is 4.78. The van der Waals surface area contributed by atoms with E-state index in [1.807, 2.05) is 0 Å². The van der Waals surface area contributed by atoms with Crippen LogP contribution < -0.4 is 5.32 Å². The van der Waals surface area contributed by atoms with Gasteiger partial charge in [0.25, 0.3) is 0 Å². The fourth-order valence-corrected chi connectivity index (χ4v) is 1.95. The van der Waals surface area contributed by atoms with Gasteiger partial charge in [-0.3, -0.25) is 0 Å². The molecule has 1 nitrogen and oxygen atoms in total. The molecule has 1 atom stereocenters. The summed E-state index contributed by atoms with van der Waals surface area (Å²) in [5.41, 5.74) is 1.37. The molecule has 0 unspecified atom stereocenters. The summed E-state index contributed by atoms with van der Waals surface area (Å²) in [6.07, 6.45) is 1.26. The normalized spacial score (nSPS) is 20.3. The van der Waals surface area contributed by atoms with E-state index in [1.54, 1.807) is 0 Å². The van der Waals surface area contributed by atoms with E-state index < -0.39 is 0 Å². The lowest BCUT2D eigenvalue weighted by molar-refractivity contribution is 0.383. The van der Waals surface area contributed by atoms with Crippen molar-refractivity contribution in [1.29, 1.82) is 0 Å². The molecule has 0 aromatic heterocycles. The van der Waals surface area contributed by atoms with Crippen molar-refractivity contribution in [2.75, 3.05) is 6.54 Å². The Kier molecular flexibility index (Phi) is 4.23. The lowest BCUT2D eigenvalue weighted by atomic mass is 9.98. The van der Waals surface area contributed by atoms with E-state index >= 15 is 0 Å². The van der Waals surface area contributed by atoms with Crippen molar-refractivity contribution in [3.63, 3.8) is 0 Å². The number of benzene rings is 1. The average Bonchev–Trinajstić information content (AvgIpc) is 1.93. The molecule has 1 aliphatic heterocycles. The first kappa shape index (κ1) is 11.5. The minimum absolute atomic E-state index is 0. The van der Waals surface area contributed by atoms with Crippen LogP contribution in [0.15, 0.2) is 27.1 Å². The van der Waals surface area contributed by atoms with Crippen molar-refractivity contribution in [2.45, 2.75) is 12.5 Å². The van der Waals surface area contributed by atoms with E-state index in [0.29, 0.717) is 6.04 Å². The van der Waals surface area contributed by atoms with Crippen molar-refractivity contribution < 1.29 is 0 Å². The maximum Gasteiger partial charge on any atom is 0.0332 e. The molecule has 1 saturated heterocycles. The summed E-state index contributed by atoms with van der Waals surface area (Å²) in [6, 6.07) is 6.99. The molecule has 1 fully saturated rings. The molecule has 72 valence electrons. The standard InChI is InChI=1S/C9H9Br2N.ClH/c10-7-2-1-6(5-8(7)11)9-3-4-12-9;/h1-2,5,9,12H,3-4H2;1H/t9-;/m0./s1. The molecule has 1 heterocycles. The highest BCUT2D eigenvalue weighted by Gasteiger charge is 2.18. The van der Waals surface area contributed by atoms with Crippen LogP contribution in [0.5, 0.6) is 0 Å². The Bertz CT molecular complexity index is 300. The van der Waals surface area contributed by atoms with Crippen LogP contribution in [0.4, 0.5) is 0 Å². The van der Waals surface area contributed by atoms with E-state index in [2.05, 4.69) is 55.4 Å². The summed E-state index contributed by atoms with van der Waals surface area (Å²) in [5.74, 6) is 0. The third-order valence-electron chi connectivity index (χ3n) is 2.17. The SMILES string of the molecule is Brc1ccc([C@@H]2CCN2)cc1Br.Cl. The van der Waals surface area contributed by atoms with Crippen molar-refractivity contribution in [1.82, 2.24) is 5.32 Å². The van der Waals surface area contributed by atoms with Crippen LogP contribution in [0, 0.1) is 0 Å². The third kappa shape index (κ3) is 2.46. The van der Waals surface area contributed by atoms with Crippen LogP contribution in [0.25, 0.3) is 0 Å². The molecule has 0 aliphatic carbocycles. The summed E-state index contributed by atoms with van der Waals surface area (Å²) in [5, 5.41) is 3.37. The Morgan fingerprint density at radius 1 is 1.23 bits per heavy atom. The Morgan fingerprint density at radius 3 is 2.38 bits per heavy atom. The van der Waals surface area contributed by atoms with Crippen LogP contribution in [0.3, 0.4) is 0 Å².